The zero-order valence-electron chi connectivity index (χ0n) is 9.78. The van der Waals surface area contributed by atoms with Gasteiger partial charge in [0.2, 0.25) is 0 Å². The van der Waals surface area contributed by atoms with Crippen molar-refractivity contribution in [2.45, 2.75) is 20.8 Å². The first-order valence-corrected chi connectivity index (χ1v) is 5.22. The van der Waals surface area contributed by atoms with Crippen molar-refractivity contribution in [3.8, 4) is 0 Å². The normalized spacial score (nSPS) is 20.7. The molecule has 1 saturated heterocycles. The van der Waals surface area contributed by atoms with Crippen LogP contribution in [-0.2, 0) is 16.4 Å². The lowest BCUT2D eigenvalue weighted by Gasteiger charge is -2.32. The molecule has 1 aromatic rings. The Labute approximate surface area is 90.7 Å². The van der Waals surface area contributed by atoms with Crippen LogP contribution in [0.1, 0.15) is 19.5 Å². The van der Waals surface area contributed by atoms with Gasteiger partial charge in [0.25, 0.3) is 0 Å². The monoisotopic (exact) mass is 208 g/mol. The van der Waals surface area contributed by atoms with Crippen molar-refractivity contribution in [2.75, 3.05) is 13.2 Å². The molecule has 0 amide bonds. The molecular weight excluding hydrogens is 191 g/mol. The molecule has 1 aliphatic rings. The van der Waals surface area contributed by atoms with Crippen molar-refractivity contribution in [3.05, 3.63) is 11.8 Å². The highest BCUT2D eigenvalue weighted by Crippen LogP contribution is 2.21. The minimum absolute atomic E-state index is 0.111. The number of nitrogens with zero attached hydrogens (tertiary/aromatic N) is 2. The Bertz CT molecular complexity index is 333. The van der Waals surface area contributed by atoms with Crippen molar-refractivity contribution in [1.82, 2.24) is 9.78 Å². The lowest BCUT2D eigenvalue weighted by atomic mass is 9.80. The van der Waals surface area contributed by atoms with Crippen molar-refractivity contribution < 1.29 is 9.31 Å². The molecule has 2 heterocycles. The summed E-state index contributed by atoms with van der Waals surface area (Å²) in [6, 6.07) is 2.00. The third-order valence-electron chi connectivity index (χ3n) is 2.63. The third-order valence-corrected chi connectivity index (χ3v) is 2.63. The molecule has 1 aliphatic heterocycles. The summed E-state index contributed by atoms with van der Waals surface area (Å²) in [5, 5.41) is 4.35. The van der Waals surface area contributed by atoms with Gasteiger partial charge >= 0.3 is 7.12 Å². The molecule has 0 unspecified atom stereocenters. The van der Waals surface area contributed by atoms with Gasteiger partial charge in [-0.05, 0) is 13.0 Å². The summed E-state index contributed by atoms with van der Waals surface area (Å²) in [5.41, 5.74) is 2.09. The molecule has 82 valence electrons. The first kappa shape index (κ1) is 10.7. The SMILES string of the molecule is Cc1cc(B2OCC(C)(C)CO2)nn1C. The van der Waals surface area contributed by atoms with E-state index in [0.717, 1.165) is 11.3 Å². The zero-order chi connectivity index (χ0) is 11.1. The minimum Gasteiger partial charge on any atom is -0.406 e. The molecule has 0 atom stereocenters. The average Bonchev–Trinajstić information content (AvgIpc) is 2.47. The Hall–Kier alpha value is -0.805. The molecule has 15 heavy (non-hydrogen) atoms. The fourth-order valence-corrected chi connectivity index (χ4v) is 1.57. The Morgan fingerprint density at radius 2 is 2.00 bits per heavy atom. The molecule has 0 N–H and O–H groups in total. The van der Waals surface area contributed by atoms with Crippen molar-refractivity contribution in [1.29, 1.82) is 0 Å². The predicted octanol–water partition coefficient (Wildman–Crippen LogP) is 0.497. The summed E-state index contributed by atoms with van der Waals surface area (Å²) >= 11 is 0. The second-order valence-electron chi connectivity index (χ2n) is 4.95. The summed E-state index contributed by atoms with van der Waals surface area (Å²) in [7, 11) is 1.63. The maximum atomic E-state index is 5.65. The first-order valence-electron chi connectivity index (χ1n) is 5.22. The molecule has 0 radical (unpaired) electrons. The molecule has 2 rings (SSSR count). The van der Waals surface area contributed by atoms with E-state index in [2.05, 4.69) is 18.9 Å². The van der Waals surface area contributed by atoms with Crippen LogP contribution in [0.25, 0.3) is 0 Å². The predicted molar refractivity (Wildman–Crippen MR) is 59.0 cm³/mol. The highest BCUT2D eigenvalue weighted by atomic mass is 16.6. The van der Waals surface area contributed by atoms with E-state index < -0.39 is 0 Å². The second kappa shape index (κ2) is 3.65. The molecule has 0 saturated carbocycles. The summed E-state index contributed by atoms with van der Waals surface area (Å²) in [4.78, 5) is 0. The molecule has 0 aromatic carbocycles. The number of aromatic nitrogens is 2. The van der Waals surface area contributed by atoms with Gasteiger partial charge in [0.15, 0.2) is 0 Å². The fourth-order valence-electron chi connectivity index (χ4n) is 1.57. The molecule has 0 spiro atoms. The van der Waals surface area contributed by atoms with Crippen LogP contribution in [0.3, 0.4) is 0 Å². The minimum atomic E-state index is -0.294. The number of hydrogen-bond donors (Lipinski definition) is 0. The van der Waals surface area contributed by atoms with E-state index in [1.807, 2.05) is 24.7 Å². The Morgan fingerprint density at radius 3 is 2.47 bits per heavy atom. The number of rotatable bonds is 1. The van der Waals surface area contributed by atoms with E-state index in [0.29, 0.717) is 13.2 Å². The summed E-state index contributed by atoms with van der Waals surface area (Å²) in [6.07, 6.45) is 0. The zero-order valence-corrected chi connectivity index (χ0v) is 9.78. The van der Waals surface area contributed by atoms with Crippen LogP contribution >= 0.6 is 0 Å². The molecule has 1 aromatic heterocycles. The highest BCUT2D eigenvalue weighted by Gasteiger charge is 2.35. The van der Waals surface area contributed by atoms with E-state index in [1.54, 1.807) is 0 Å². The van der Waals surface area contributed by atoms with Crippen molar-refractivity contribution in [2.24, 2.45) is 12.5 Å². The van der Waals surface area contributed by atoms with Gasteiger partial charge in [-0.3, -0.25) is 4.68 Å². The van der Waals surface area contributed by atoms with Crippen LogP contribution in [-0.4, -0.2) is 30.1 Å². The standard InChI is InChI=1S/C10H17BN2O2/c1-8-5-9(12-13(8)4)11-14-6-10(2,3)7-15-11/h5H,6-7H2,1-4H3. The summed E-state index contributed by atoms with van der Waals surface area (Å²) < 4.78 is 13.1. The van der Waals surface area contributed by atoms with Gasteiger partial charge in [-0.2, -0.15) is 5.10 Å². The Balaban J connectivity index is 2.07. The van der Waals surface area contributed by atoms with Crippen LogP contribution in [0.2, 0.25) is 0 Å². The molecule has 1 fully saturated rings. The van der Waals surface area contributed by atoms with Crippen LogP contribution < -0.4 is 5.59 Å². The Morgan fingerprint density at radius 1 is 1.40 bits per heavy atom. The van der Waals surface area contributed by atoms with Gasteiger partial charge in [-0.15, -0.1) is 0 Å². The van der Waals surface area contributed by atoms with Gasteiger partial charge in [-0.25, -0.2) is 0 Å². The molecule has 5 heteroatoms. The highest BCUT2D eigenvalue weighted by molar-refractivity contribution is 6.60. The lowest BCUT2D eigenvalue weighted by Crippen LogP contribution is -2.48. The van der Waals surface area contributed by atoms with Crippen molar-refractivity contribution >= 4 is 12.7 Å². The van der Waals surface area contributed by atoms with E-state index >= 15 is 0 Å². The van der Waals surface area contributed by atoms with Crippen LogP contribution in [0, 0.1) is 12.3 Å². The van der Waals surface area contributed by atoms with E-state index in [4.69, 9.17) is 9.31 Å². The van der Waals surface area contributed by atoms with Gasteiger partial charge in [0.1, 0.15) is 0 Å². The van der Waals surface area contributed by atoms with E-state index in [-0.39, 0.29) is 12.5 Å². The molecule has 0 bridgehead atoms. The fraction of sp³-hybridized carbons (Fsp3) is 0.700. The summed E-state index contributed by atoms with van der Waals surface area (Å²) in [6.45, 7) is 7.71. The molecule has 4 nitrogen and oxygen atoms in total. The number of aryl methyl sites for hydroxylation is 2. The topological polar surface area (TPSA) is 36.3 Å². The maximum Gasteiger partial charge on any atom is 0.515 e. The average molecular weight is 208 g/mol. The largest absolute Gasteiger partial charge is 0.515 e. The van der Waals surface area contributed by atoms with Gasteiger partial charge in [0, 0.05) is 31.4 Å². The number of hydrogen-bond acceptors (Lipinski definition) is 3. The summed E-state index contributed by atoms with van der Waals surface area (Å²) in [5.74, 6) is 0. The second-order valence-corrected chi connectivity index (χ2v) is 4.95. The van der Waals surface area contributed by atoms with Gasteiger partial charge in [0.05, 0.1) is 5.59 Å². The van der Waals surface area contributed by atoms with Crippen LogP contribution in [0.4, 0.5) is 0 Å². The lowest BCUT2D eigenvalue weighted by molar-refractivity contribution is 0.0339. The van der Waals surface area contributed by atoms with Crippen molar-refractivity contribution in [3.63, 3.8) is 0 Å². The van der Waals surface area contributed by atoms with Crippen LogP contribution in [0.15, 0.2) is 6.07 Å². The Kier molecular flexibility index (Phi) is 2.60. The quantitative estimate of drug-likeness (QED) is 0.630. The van der Waals surface area contributed by atoms with E-state index in [9.17, 15) is 0 Å². The first-order chi connectivity index (χ1) is 6.98. The van der Waals surface area contributed by atoms with Gasteiger partial charge in [-0.1, -0.05) is 13.8 Å². The maximum absolute atomic E-state index is 5.65. The van der Waals surface area contributed by atoms with Crippen LogP contribution in [0.5, 0.6) is 0 Å². The smallest absolute Gasteiger partial charge is 0.406 e. The third kappa shape index (κ3) is 2.24. The van der Waals surface area contributed by atoms with E-state index in [1.165, 1.54) is 0 Å². The van der Waals surface area contributed by atoms with Gasteiger partial charge < -0.3 is 9.31 Å². The molecular formula is C10H17BN2O2. The molecule has 0 aliphatic carbocycles.